The first-order valence-electron chi connectivity index (χ1n) is 13.1. The normalized spacial score (nSPS) is 14.6. The van der Waals surface area contributed by atoms with Crippen molar-refractivity contribution in [3.8, 4) is 11.1 Å². The number of fused-ring (bicyclic) bond motifs is 3. The zero-order valence-electron chi connectivity index (χ0n) is 23.2. The van der Waals surface area contributed by atoms with E-state index >= 15 is 4.39 Å². The first kappa shape index (κ1) is 25.4. The van der Waals surface area contributed by atoms with Crippen molar-refractivity contribution < 1.29 is 8.78 Å². The van der Waals surface area contributed by atoms with Crippen molar-refractivity contribution in [1.82, 2.24) is 0 Å². The van der Waals surface area contributed by atoms with E-state index in [9.17, 15) is 4.39 Å². The minimum absolute atomic E-state index is 0.0316. The Kier molecular flexibility index (Phi) is 5.94. The zero-order valence-corrected chi connectivity index (χ0v) is 23.2. The summed E-state index contributed by atoms with van der Waals surface area (Å²) in [6.45, 7) is 17.7. The van der Waals surface area contributed by atoms with Crippen molar-refractivity contribution >= 4 is 22.8 Å². The number of benzene rings is 3. The molecule has 2 aliphatic carbocycles. The molecule has 0 atom stereocenters. The van der Waals surface area contributed by atoms with Gasteiger partial charge in [0, 0.05) is 5.56 Å². The van der Waals surface area contributed by atoms with Gasteiger partial charge in [-0.3, -0.25) is 0 Å². The minimum atomic E-state index is -0.822. The van der Waals surface area contributed by atoms with Crippen molar-refractivity contribution in [3.63, 3.8) is 0 Å². The van der Waals surface area contributed by atoms with Crippen molar-refractivity contribution in [2.45, 2.75) is 72.6 Å². The predicted octanol–water partition coefficient (Wildman–Crippen LogP) is 8.31. The Morgan fingerprint density at radius 1 is 0.838 bits per heavy atom. The van der Waals surface area contributed by atoms with Crippen molar-refractivity contribution in [1.29, 1.82) is 0 Å². The van der Waals surface area contributed by atoms with Crippen LogP contribution in [-0.4, -0.2) is 0 Å². The molecular formula is C35H35F2. The summed E-state index contributed by atoms with van der Waals surface area (Å²) < 4.78 is 29.4. The SMILES string of the molecule is CC(C)=c1cc2c(c(C3=C(c4cccc(F)c4F)C=CC3)c1C(C)(C)C)=[C]c1cc(C(C)(C)C)ccc1-2. The molecule has 0 nitrogen and oxygen atoms in total. The van der Waals surface area contributed by atoms with Crippen LogP contribution in [0.4, 0.5) is 8.78 Å². The van der Waals surface area contributed by atoms with Gasteiger partial charge in [0.05, 0.1) is 0 Å². The maximum Gasteiger partial charge on any atom is 0.166 e. The first-order valence-corrected chi connectivity index (χ1v) is 13.1. The van der Waals surface area contributed by atoms with E-state index in [2.05, 4.69) is 91.8 Å². The van der Waals surface area contributed by atoms with Gasteiger partial charge in [0.15, 0.2) is 11.6 Å². The molecule has 37 heavy (non-hydrogen) atoms. The Labute approximate surface area is 219 Å². The van der Waals surface area contributed by atoms with Gasteiger partial charge in [-0.15, -0.1) is 0 Å². The number of allylic oxidation sites excluding steroid dienone is 4. The molecule has 0 aromatic heterocycles. The lowest BCUT2D eigenvalue weighted by Gasteiger charge is -2.27. The predicted molar refractivity (Wildman–Crippen MR) is 153 cm³/mol. The summed E-state index contributed by atoms with van der Waals surface area (Å²) in [5.74, 6) is -1.62. The fraction of sp³-hybridized carbons (Fsp3) is 0.314. The molecule has 2 aliphatic rings. The summed E-state index contributed by atoms with van der Waals surface area (Å²) in [7, 11) is 0. The lowest BCUT2D eigenvalue weighted by Crippen LogP contribution is -2.31. The lowest BCUT2D eigenvalue weighted by molar-refractivity contribution is 0.506. The zero-order chi connectivity index (χ0) is 26.9. The molecule has 0 spiro atoms. The van der Waals surface area contributed by atoms with E-state index in [0.29, 0.717) is 12.0 Å². The third-order valence-electron chi connectivity index (χ3n) is 7.53. The Morgan fingerprint density at radius 3 is 2.22 bits per heavy atom. The molecule has 0 heterocycles. The fourth-order valence-electron chi connectivity index (χ4n) is 5.69. The van der Waals surface area contributed by atoms with Gasteiger partial charge in [0.1, 0.15) is 0 Å². The average Bonchev–Trinajstić information content (AvgIpc) is 3.42. The molecule has 0 unspecified atom stereocenters. The molecule has 0 N–H and O–H groups in total. The van der Waals surface area contributed by atoms with E-state index in [-0.39, 0.29) is 10.8 Å². The number of halogens is 2. The third-order valence-corrected chi connectivity index (χ3v) is 7.53. The highest BCUT2D eigenvalue weighted by atomic mass is 19.2. The first-order chi connectivity index (χ1) is 17.3. The summed E-state index contributed by atoms with van der Waals surface area (Å²) in [4.78, 5) is 0. The number of hydrogen-bond acceptors (Lipinski definition) is 0. The second-order valence-corrected chi connectivity index (χ2v) is 12.6. The number of hydrogen-bond donors (Lipinski definition) is 0. The summed E-state index contributed by atoms with van der Waals surface area (Å²) in [5.41, 5.74) is 10.2. The largest absolute Gasteiger partial charge is 0.204 e. The van der Waals surface area contributed by atoms with Crippen LogP contribution >= 0.6 is 0 Å². The van der Waals surface area contributed by atoms with Gasteiger partial charge < -0.3 is 0 Å². The van der Waals surface area contributed by atoms with Crippen LogP contribution in [0.1, 0.15) is 89.6 Å². The molecule has 0 amide bonds. The minimum Gasteiger partial charge on any atom is -0.204 e. The van der Waals surface area contributed by atoms with Crippen LogP contribution < -0.4 is 10.4 Å². The maximum absolute atomic E-state index is 15.1. The highest BCUT2D eigenvalue weighted by molar-refractivity contribution is 6.01. The Bertz CT molecular complexity index is 1630. The lowest BCUT2D eigenvalue weighted by atomic mass is 9.76. The molecule has 189 valence electrons. The molecule has 0 fully saturated rings. The van der Waals surface area contributed by atoms with Crippen molar-refractivity contribution in [2.24, 2.45) is 0 Å². The fourth-order valence-corrected chi connectivity index (χ4v) is 5.69. The smallest absolute Gasteiger partial charge is 0.166 e. The molecule has 1 radical (unpaired) electrons. The van der Waals surface area contributed by atoms with Gasteiger partial charge >= 0.3 is 0 Å². The van der Waals surface area contributed by atoms with Gasteiger partial charge in [-0.05, 0) is 110 Å². The van der Waals surface area contributed by atoms with E-state index in [1.165, 1.54) is 33.5 Å². The molecule has 0 aliphatic heterocycles. The van der Waals surface area contributed by atoms with E-state index in [4.69, 9.17) is 0 Å². The van der Waals surface area contributed by atoms with Gasteiger partial charge in [-0.2, -0.15) is 0 Å². The van der Waals surface area contributed by atoms with E-state index in [0.717, 1.165) is 33.1 Å². The van der Waals surface area contributed by atoms with Crippen LogP contribution in [0, 0.1) is 11.6 Å². The van der Waals surface area contributed by atoms with E-state index < -0.39 is 11.6 Å². The Morgan fingerprint density at radius 2 is 1.57 bits per heavy atom. The van der Waals surface area contributed by atoms with Crippen LogP contribution in [0.25, 0.3) is 33.9 Å². The average molecular weight is 494 g/mol. The van der Waals surface area contributed by atoms with Crippen LogP contribution in [0.3, 0.4) is 0 Å². The van der Waals surface area contributed by atoms with Crippen LogP contribution in [0.2, 0.25) is 0 Å². The standard InChI is InChI=1S/C35H35F2/c1-20(2)27-19-28-23-16-15-22(34(3,4)5)17-21(23)18-29(28)31(32(27)35(6,7)8)25-12-9-11-24(25)26-13-10-14-30(36)33(26)37/h9-11,13-17,19H,12H2,1-8H3. The molecule has 5 rings (SSSR count). The summed E-state index contributed by atoms with van der Waals surface area (Å²) in [5, 5.41) is 2.28. The van der Waals surface area contributed by atoms with Crippen molar-refractivity contribution in [2.75, 3.05) is 0 Å². The van der Waals surface area contributed by atoms with Crippen LogP contribution in [-0.2, 0) is 10.8 Å². The van der Waals surface area contributed by atoms with Gasteiger partial charge in [0.25, 0.3) is 0 Å². The topological polar surface area (TPSA) is 0 Å². The monoisotopic (exact) mass is 493 g/mol. The third kappa shape index (κ3) is 4.21. The van der Waals surface area contributed by atoms with Gasteiger partial charge in [-0.1, -0.05) is 83.5 Å². The highest BCUT2D eigenvalue weighted by Gasteiger charge is 2.30. The van der Waals surface area contributed by atoms with Crippen molar-refractivity contribution in [3.05, 3.63) is 105 Å². The molecule has 3 aromatic rings. The summed E-state index contributed by atoms with van der Waals surface area (Å²) >= 11 is 0. The molecular weight excluding hydrogens is 458 g/mol. The molecule has 0 saturated heterocycles. The quantitative estimate of drug-likeness (QED) is 0.263. The summed E-state index contributed by atoms with van der Waals surface area (Å²) in [6, 6.07) is 13.5. The Hall–Kier alpha value is -3.26. The molecule has 0 saturated carbocycles. The maximum atomic E-state index is 15.1. The number of rotatable bonds is 2. The molecule has 0 bridgehead atoms. The van der Waals surface area contributed by atoms with E-state index in [1.54, 1.807) is 12.1 Å². The highest BCUT2D eigenvalue weighted by Crippen LogP contribution is 2.41. The molecule has 2 heteroatoms. The van der Waals surface area contributed by atoms with Gasteiger partial charge in [0.2, 0.25) is 0 Å². The van der Waals surface area contributed by atoms with Crippen LogP contribution in [0.15, 0.2) is 54.6 Å². The second-order valence-electron chi connectivity index (χ2n) is 12.6. The van der Waals surface area contributed by atoms with E-state index in [1.807, 2.05) is 6.08 Å². The molecule has 3 aromatic carbocycles. The van der Waals surface area contributed by atoms with Crippen LogP contribution in [0.5, 0.6) is 0 Å². The summed E-state index contributed by atoms with van der Waals surface area (Å²) in [6.07, 6.45) is 8.44. The van der Waals surface area contributed by atoms with Gasteiger partial charge in [-0.25, -0.2) is 8.78 Å². The Balaban J connectivity index is 1.94. The second kappa shape index (κ2) is 8.65.